The molecule has 35 heavy (non-hydrogen) atoms. The Labute approximate surface area is 206 Å². The molecule has 5 rings (SSSR count). The fourth-order valence-electron chi connectivity index (χ4n) is 5.09. The van der Waals surface area contributed by atoms with E-state index < -0.39 is 0 Å². The molecule has 0 amide bonds. The number of nitrogens with zero attached hydrogens (tertiary/aromatic N) is 1. The van der Waals surface area contributed by atoms with E-state index in [2.05, 4.69) is 59.6 Å². The standard InChI is InChI=1S/C30H30N2O3/c1-34-28(33)20-35-27-14-8-13-24-17-21(15-16-26(24)27)18-25-19-31-30(32-25)29(22-9-4-2-5-10-22)23-11-6-3-7-12-23/h2-14,19,21,29H,15-18,20H2,1H3,(H,31,32). The number of esters is 1. The minimum atomic E-state index is -0.365. The predicted octanol–water partition coefficient (Wildman–Crippen LogP) is 5.49. The van der Waals surface area contributed by atoms with Crippen molar-refractivity contribution in [2.75, 3.05) is 13.7 Å². The van der Waals surface area contributed by atoms with Crippen LogP contribution in [0.5, 0.6) is 5.75 Å². The van der Waals surface area contributed by atoms with Crippen LogP contribution in [0, 0.1) is 5.92 Å². The van der Waals surface area contributed by atoms with Crippen molar-refractivity contribution in [3.63, 3.8) is 0 Å². The number of ether oxygens (including phenoxy) is 2. The van der Waals surface area contributed by atoms with E-state index in [0.29, 0.717) is 5.92 Å². The molecule has 0 saturated carbocycles. The topological polar surface area (TPSA) is 64.2 Å². The maximum absolute atomic E-state index is 11.5. The summed E-state index contributed by atoms with van der Waals surface area (Å²) in [5.41, 5.74) is 6.14. The molecule has 1 aliphatic carbocycles. The van der Waals surface area contributed by atoms with Crippen LogP contribution in [-0.2, 0) is 28.8 Å². The Kier molecular flexibility index (Phi) is 6.94. The van der Waals surface area contributed by atoms with Gasteiger partial charge >= 0.3 is 5.97 Å². The van der Waals surface area contributed by atoms with Gasteiger partial charge in [0.05, 0.1) is 13.0 Å². The summed E-state index contributed by atoms with van der Waals surface area (Å²) in [6.45, 7) is -0.0582. The normalized spacial score (nSPS) is 15.0. The molecule has 1 N–H and O–H groups in total. The van der Waals surface area contributed by atoms with Crippen molar-refractivity contribution >= 4 is 5.97 Å². The molecule has 5 heteroatoms. The van der Waals surface area contributed by atoms with Crippen LogP contribution < -0.4 is 4.74 Å². The monoisotopic (exact) mass is 466 g/mol. The van der Waals surface area contributed by atoms with Crippen molar-refractivity contribution in [1.82, 2.24) is 9.97 Å². The Morgan fingerprint density at radius 3 is 2.40 bits per heavy atom. The van der Waals surface area contributed by atoms with Gasteiger partial charge in [0.2, 0.25) is 0 Å². The van der Waals surface area contributed by atoms with Crippen LogP contribution in [-0.4, -0.2) is 29.7 Å². The molecule has 4 aromatic rings. The quantitative estimate of drug-likeness (QED) is 0.349. The number of fused-ring (bicyclic) bond motifs is 1. The summed E-state index contributed by atoms with van der Waals surface area (Å²) in [6.07, 6.45) is 5.95. The average molecular weight is 467 g/mol. The molecular weight excluding hydrogens is 436 g/mol. The molecule has 0 spiro atoms. The number of hydrogen-bond acceptors (Lipinski definition) is 4. The van der Waals surface area contributed by atoms with Crippen molar-refractivity contribution in [3.8, 4) is 5.75 Å². The molecule has 0 bridgehead atoms. The summed E-state index contributed by atoms with van der Waals surface area (Å²) < 4.78 is 10.4. The number of carbonyl (C=O) groups is 1. The number of imidazole rings is 1. The highest BCUT2D eigenvalue weighted by atomic mass is 16.6. The lowest BCUT2D eigenvalue weighted by atomic mass is 9.81. The Morgan fingerprint density at radius 1 is 1.00 bits per heavy atom. The van der Waals surface area contributed by atoms with Gasteiger partial charge in [-0.3, -0.25) is 0 Å². The van der Waals surface area contributed by atoms with E-state index in [1.54, 1.807) is 0 Å². The number of aromatic nitrogens is 2. The minimum Gasteiger partial charge on any atom is -0.482 e. The zero-order valence-corrected chi connectivity index (χ0v) is 19.9. The summed E-state index contributed by atoms with van der Waals surface area (Å²) >= 11 is 0. The first-order valence-corrected chi connectivity index (χ1v) is 12.2. The summed E-state index contributed by atoms with van der Waals surface area (Å²) in [4.78, 5) is 20.0. The summed E-state index contributed by atoms with van der Waals surface area (Å²) in [5.74, 6) is 2.01. The van der Waals surface area contributed by atoms with Gasteiger partial charge in [0.25, 0.3) is 0 Å². The molecule has 0 saturated heterocycles. The molecule has 3 aromatic carbocycles. The first-order valence-electron chi connectivity index (χ1n) is 12.2. The number of benzene rings is 3. The second-order valence-electron chi connectivity index (χ2n) is 9.12. The van der Waals surface area contributed by atoms with Gasteiger partial charge in [0.1, 0.15) is 11.6 Å². The van der Waals surface area contributed by atoms with Crippen molar-refractivity contribution in [2.45, 2.75) is 31.6 Å². The number of aromatic amines is 1. The van der Waals surface area contributed by atoms with E-state index in [4.69, 9.17) is 14.5 Å². The van der Waals surface area contributed by atoms with Gasteiger partial charge < -0.3 is 14.5 Å². The van der Waals surface area contributed by atoms with Crippen LogP contribution in [0.4, 0.5) is 0 Å². The number of methoxy groups -OCH3 is 1. The maximum Gasteiger partial charge on any atom is 0.343 e. The van der Waals surface area contributed by atoms with Crippen LogP contribution in [0.25, 0.3) is 0 Å². The van der Waals surface area contributed by atoms with Crippen LogP contribution in [0.15, 0.2) is 85.1 Å². The highest BCUT2D eigenvalue weighted by Gasteiger charge is 2.24. The molecule has 1 unspecified atom stereocenters. The van der Waals surface area contributed by atoms with E-state index in [-0.39, 0.29) is 18.5 Å². The summed E-state index contributed by atoms with van der Waals surface area (Å²) in [5, 5.41) is 0. The van der Waals surface area contributed by atoms with Gasteiger partial charge in [-0.25, -0.2) is 9.78 Å². The van der Waals surface area contributed by atoms with Gasteiger partial charge in [-0.2, -0.15) is 0 Å². The zero-order chi connectivity index (χ0) is 24.0. The van der Waals surface area contributed by atoms with Crippen molar-refractivity contribution in [1.29, 1.82) is 0 Å². The Bertz CT molecular complexity index is 1230. The third kappa shape index (κ3) is 5.29. The number of carbonyl (C=O) groups excluding carboxylic acids is 1. The average Bonchev–Trinajstić information content (AvgIpc) is 3.36. The van der Waals surface area contributed by atoms with Gasteiger partial charge in [0.15, 0.2) is 6.61 Å². The van der Waals surface area contributed by atoms with E-state index >= 15 is 0 Å². The van der Waals surface area contributed by atoms with Crippen LogP contribution in [0.3, 0.4) is 0 Å². The smallest absolute Gasteiger partial charge is 0.343 e. The molecule has 0 aliphatic heterocycles. The molecule has 1 aliphatic rings. The highest BCUT2D eigenvalue weighted by molar-refractivity contribution is 5.71. The number of hydrogen-bond donors (Lipinski definition) is 1. The second kappa shape index (κ2) is 10.6. The number of nitrogens with one attached hydrogen (secondary N) is 1. The minimum absolute atomic E-state index is 0.0582. The largest absolute Gasteiger partial charge is 0.482 e. The Hall–Kier alpha value is -3.86. The zero-order valence-electron chi connectivity index (χ0n) is 19.9. The molecule has 1 aromatic heterocycles. The molecule has 0 radical (unpaired) electrons. The lowest BCUT2D eigenvalue weighted by Gasteiger charge is -2.26. The SMILES string of the molecule is COC(=O)COc1cccc2c1CCC(Cc1cnc(C(c3ccccc3)c3ccccc3)[nH]1)C2. The fourth-order valence-corrected chi connectivity index (χ4v) is 5.09. The molecule has 1 heterocycles. The van der Waals surface area contributed by atoms with Crippen molar-refractivity contribution in [3.05, 3.63) is 119 Å². The van der Waals surface area contributed by atoms with Gasteiger partial charge in [0, 0.05) is 11.9 Å². The summed E-state index contributed by atoms with van der Waals surface area (Å²) in [7, 11) is 1.37. The van der Waals surface area contributed by atoms with Crippen LogP contribution in [0.2, 0.25) is 0 Å². The lowest BCUT2D eigenvalue weighted by Crippen LogP contribution is -2.19. The van der Waals surface area contributed by atoms with Crippen LogP contribution >= 0.6 is 0 Å². The lowest BCUT2D eigenvalue weighted by molar-refractivity contribution is -0.142. The molecule has 1 atom stereocenters. The predicted molar refractivity (Wildman–Crippen MR) is 136 cm³/mol. The third-order valence-corrected chi connectivity index (χ3v) is 6.81. The van der Waals surface area contributed by atoms with Crippen molar-refractivity contribution < 1.29 is 14.3 Å². The van der Waals surface area contributed by atoms with E-state index in [1.165, 1.54) is 35.1 Å². The third-order valence-electron chi connectivity index (χ3n) is 6.81. The van der Waals surface area contributed by atoms with E-state index in [1.807, 2.05) is 30.5 Å². The maximum atomic E-state index is 11.5. The van der Waals surface area contributed by atoms with Gasteiger partial charge in [-0.1, -0.05) is 72.8 Å². The van der Waals surface area contributed by atoms with Crippen LogP contribution in [0.1, 0.15) is 46.1 Å². The first kappa shape index (κ1) is 22.9. The van der Waals surface area contributed by atoms with Crippen molar-refractivity contribution in [2.24, 2.45) is 5.92 Å². The highest BCUT2D eigenvalue weighted by Crippen LogP contribution is 2.34. The number of H-pyrrole nitrogens is 1. The van der Waals surface area contributed by atoms with E-state index in [0.717, 1.165) is 37.3 Å². The van der Waals surface area contributed by atoms with Gasteiger partial charge in [-0.05, 0) is 59.9 Å². The van der Waals surface area contributed by atoms with Gasteiger partial charge in [-0.15, -0.1) is 0 Å². The number of rotatable bonds is 8. The van der Waals surface area contributed by atoms with E-state index in [9.17, 15) is 4.79 Å². The molecular formula is C30H30N2O3. The Balaban J connectivity index is 1.31. The second-order valence-corrected chi connectivity index (χ2v) is 9.12. The Morgan fingerprint density at radius 2 is 1.71 bits per heavy atom. The fraction of sp³-hybridized carbons (Fsp3) is 0.267. The molecule has 178 valence electrons. The summed E-state index contributed by atoms with van der Waals surface area (Å²) in [6, 6.07) is 27.2. The first-order chi connectivity index (χ1) is 17.2. The molecule has 5 nitrogen and oxygen atoms in total. The molecule has 0 fully saturated rings.